The zero-order valence-corrected chi connectivity index (χ0v) is 8.82. The number of hydrogen-bond donors (Lipinski definition) is 1. The van der Waals surface area contributed by atoms with Crippen LogP contribution in [0.5, 0.6) is 5.06 Å². The van der Waals surface area contributed by atoms with E-state index < -0.39 is 0 Å². The molecule has 0 unspecified atom stereocenters. The van der Waals surface area contributed by atoms with Gasteiger partial charge in [0.05, 0.1) is 3.57 Å². The van der Waals surface area contributed by atoms with Gasteiger partial charge in [-0.1, -0.05) is 11.3 Å². The molecule has 2 rings (SSSR count). The fourth-order valence-corrected chi connectivity index (χ4v) is 2.66. The van der Waals surface area contributed by atoms with Crippen LogP contribution in [0.25, 0.3) is 10.1 Å². The number of aromatic hydroxyl groups is 1. The van der Waals surface area contributed by atoms with Crippen molar-refractivity contribution in [2.24, 2.45) is 0 Å². The van der Waals surface area contributed by atoms with E-state index in [4.69, 9.17) is 5.11 Å². The van der Waals surface area contributed by atoms with Crippen molar-refractivity contribution in [2.45, 2.75) is 0 Å². The first kappa shape index (κ1) is 8.25. The zero-order valence-electron chi connectivity index (χ0n) is 5.84. The standard InChI is InChI=1S/C8H4FIOS/c9-5-1-2-6-4(8(5)10)3-7(11)12-6/h1-3,11H. The van der Waals surface area contributed by atoms with Crippen molar-refractivity contribution < 1.29 is 9.50 Å². The normalized spacial score (nSPS) is 10.8. The van der Waals surface area contributed by atoms with Crippen LogP contribution < -0.4 is 0 Å². The van der Waals surface area contributed by atoms with Crippen LogP contribution in [0.1, 0.15) is 0 Å². The molecule has 0 saturated carbocycles. The number of thiophene rings is 1. The van der Waals surface area contributed by atoms with Gasteiger partial charge in [-0.25, -0.2) is 4.39 Å². The Morgan fingerprint density at radius 3 is 2.92 bits per heavy atom. The highest BCUT2D eigenvalue weighted by Gasteiger charge is 2.07. The van der Waals surface area contributed by atoms with Gasteiger partial charge in [-0.15, -0.1) is 0 Å². The van der Waals surface area contributed by atoms with E-state index in [0.717, 1.165) is 10.1 Å². The molecule has 0 bridgehead atoms. The summed E-state index contributed by atoms with van der Waals surface area (Å²) in [5.74, 6) is -0.235. The average molecular weight is 294 g/mol. The summed E-state index contributed by atoms with van der Waals surface area (Å²) in [6, 6.07) is 4.68. The molecule has 0 saturated heterocycles. The van der Waals surface area contributed by atoms with E-state index in [1.165, 1.54) is 17.4 Å². The van der Waals surface area contributed by atoms with Gasteiger partial charge in [0.15, 0.2) is 5.06 Å². The van der Waals surface area contributed by atoms with E-state index in [0.29, 0.717) is 3.57 Å². The molecule has 12 heavy (non-hydrogen) atoms. The third-order valence-corrected chi connectivity index (χ3v) is 3.57. The van der Waals surface area contributed by atoms with Crippen LogP contribution in [0, 0.1) is 9.39 Å². The van der Waals surface area contributed by atoms with Crippen LogP contribution in [0.4, 0.5) is 4.39 Å². The van der Waals surface area contributed by atoms with Crippen LogP contribution in [-0.2, 0) is 0 Å². The highest BCUT2D eigenvalue weighted by atomic mass is 127. The lowest BCUT2D eigenvalue weighted by Gasteiger charge is -1.93. The first-order chi connectivity index (χ1) is 5.68. The van der Waals surface area contributed by atoms with Crippen molar-refractivity contribution >= 4 is 44.0 Å². The molecule has 0 radical (unpaired) electrons. The molecule has 4 heteroatoms. The summed E-state index contributed by atoms with van der Waals surface area (Å²) in [6.45, 7) is 0. The van der Waals surface area contributed by atoms with Gasteiger partial charge in [0.25, 0.3) is 0 Å². The second-order valence-corrected chi connectivity index (χ2v) is 4.50. The minimum atomic E-state index is -0.235. The molecule has 1 aromatic carbocycles. The second kappa shape index (κ2) is 2.85. The molecule has 1 nitrogen and oxygen atoms in total. The van der Waals surface area contributed by atoms with Gasteiger partial charge < -0.3 is 5.11 Å². The number of hydrogen-bond acceptors (Lipinski definition) is 2. The topological polar surface area (TPSA) is 20.2 Å². The Hall–Kier alpha value is -0.360. The van der Waals surface area contributed by atoms with E-state index in [2.05, 4.69) is 0 Å². The van der Waals surface area contributed by atoms with Crippen molar-refractivity contribution in [2.75, 3.05) is 0 Å². The maximum absolute atomic E-state index is 13.0. The summed E-state index contributed by atoms with van der Waals surface area (Å²) in [4.78, 5) is 0. The lowest BCUT2D eigenvalue weighted by atomic mass is 10.2. The van der Waals surface area contributed by atoms with Gasteiger partial charge in [0.2, 0.25) is 0 Å². The molecule has 0 amide bonds. The molecule has 62 valence electrons. The fraction of sp³-hybridized carbons (Fsp3) is 0. The van der Waals surface area contributed by atoms with E-state index in [1.807, 2.05) is 22.6 Å². The molecule has 0 aliphatic rings. The van der Waals surface area contributed by atoms with Crippen molar-refractivity contribution in [1.82, 2.24) is 0 Å². The summed E-state index contributed by atoms with van der Waals surface area (Å²) in [6.07, 6.45) is 0. The molecule has 1 N–H and O–H groups in total. The summed E-state index contributed by atoms with van der Waals surface area (Å²) >= 11 is 3.20. The Balaban J connectivity index is 2.89. The van der Waals surface area contributed by atoms with E-state index in [9.17, 15) is 4.39 Å². The van der Waals surface area contributed by atoms with Gasteiger partial charge in [0, 0.05) is 16.2 Å². The predicted molar refractivity (Wildman–Crippen MR) is 56.2 cm³/mol. The zero-order chi connectivity index (χ0) is 8.72. The van der Waals surface area contributed by atoms with Gasteiger partial charge in [-0.05, 0) is 34.7 Å². The summed E-state index contributed by atoms with van der Waals surface area (Å²) < 4.78 is 14.5. The predicted octanol–water partition coefficient (Wildman–Crippen LogP) is 3.35. The van der Waals surface area contributed by atoms with E-state index in [1.54, 1.807) is 12.1 Å². The van der Waals surface area contributed by atoms with Crippen LogP contribution in [-0.4, -0.2) is 5.11 Å². The second-order valence-electron chi connectivity index (χ2n) is 2.36. The van der Waals surface area contributed by atoms with Crippen molar-refractivity contribution in [1.29, 1.82) is 0 Å². The molecule has 1 heterocycles. The Morgan fingerprint density at radius 1 is 1.42 bits per heavy atom. The van der Waals surface area contributed by atoms with E-state index in [-0.39, 0.29) is 10.9 Å². The summed E-state index contributed by atoms with van der Waals surface area (Å²) in [5.41, 5.74) is 0. The molecular formula is C8H4FIOS. The Morgan fingerprint density at radius 2 is 2.17 bits per heavy atom. The van der Waals surface area contributed by atoms with Crippen LogP contribution in [0.2, 0.25) is 0 Å². The quantitative estimate of drug-likeness (QED) is 0.739. The van der Waals surface area contributed by atoms with Crippen LogP contribution in [0.15, 0.2) is 18.2 Å². The van der Waals surface area contributed by atoms with Gasteiger partial charge in [0.1, 0.15) is 5.82 Å². The molecule has 1 aromatic heterocycles. The third kappa shape index (κ3) is 1.19. The minimum Gasteiger partial charge on any atom is -0.499 e. The largest absolute Gasteiger partial charge is 0.499 e. The lowest BCUT2D eigenvalue weighted by molar-refractivity contribution is 0.491. The maximum atomic E-state index is 13.0. The molecule has 2 aromatic rings. The molecule has 0 atom stereocenters. The number of benzene rings is 1. The van der Waals surface area contributed by atoms with E-state index >= 15 is 0 Å². The lowest BCUT2D eigenvalue weighted by Crippen LogP contribution is -1.79. The van der Waals surface area contributed by atoms with Crippen LogP contribution >= 0.6 is 33.9 Å². The number of rotatable bonds is 0. The van der Waals surface area contributed by atoms with Crippen molar-refractivity contribution in [3.8, 4) is 5.06 Å². The first-order valence-electron chi connectivity index (χ1n) is 3.25. The van der Waals surface area contributed by atoms with Crippen molar-refractivity contribution in [3.63, 3.8) is 0 Å². The van der Waals surface area contributed by atoms with Gasteiger partial charge in [-0.2, -0.15) is 0 Å². The van der Waals surface area contributed by atoms with Crippen LogP contribution in [0.3, 0.4) is 0 Å². The molecule has 0 aliphatic heterocycles. The fourth-order valence-electron chi connectivity index (χ4n) is 1.04. The maximum Gasteiger partial charge on any atom is 0.172 e. The molecule has 0 spiro atoms. The average Bonchev–Trinajstić information content (AvgIpc) is 2.39. The summed E-state index contributed by atoms with van der Waals surface area (Å²) in [7, 11) is 0. The van der Waals surface area contributed by atoms with Crippen molar-refractivity contribution in [3.05, 3.63) is 27.6 Å². The third-order valence-electron chi connectivity index (χ3n) is 1.57. The molecular weight excluding hydrogens is 290 g/mol. The number of fused-ring (bicyclic) bond motifs is 1. The smallest absolute Gasteiger partial charge is 0.172 e. The Labute approximate surface area is 86.0 Å². The first-order valence-corrected chi connectivity index (χ1v) is 5.14. The SMILES string of the molecule is Oc1cc2c(I)c(F)ccc2s1. The Bertz CT molecular complexity index is 438. The summed E-state index contributed by atoms with van der Waals surface area (Å²) in [5, 5.41) is 10.2. The minimum absolute atomic E-state index is 0.230. The highest BCUT2D eigenvalue weighted by Crippen LogP contribution is 2.34. The van der Waals surface area contributed by atoms with Gasteiger partial charge in [-0.3, -0.25) is 0 Å². The highest BCUT2D eigenvalue weighted by molar-refractivity contribution is 14.1. The Kier molecular flexibility index (Phi) is 1.96. The molecule has 0 aliphatic carbocycles. The molecule has 0 fully saturated rings. The monoisotopic (exact) mass is 294 g/mol. The van der Waals surface area contributed by atoms with Gasteiger partial charge >= 0.3 is 0 Å². The number of halogens is 2.